The molecular formula is C34H40F3NO7. The second-order valence-corrected chi connectivity index (χ2v) is 14.2. The molecular weight excluding hydrogens is 591 g/mol. The van der Waals surface area contributed by atoms with Gasteiger partial charge in [0.25, 0.3) is 5.60 Å². The van der Waals surface area contributed by atoms with Gasteiger partial charge in [0.15, 0.2) is 17.7 Å². The van der Waals surface area contributed by atoms with Crippen LogP contribution in [0.1, 0.15) is 59.4 Å². The molecule has 1 aromatic rings. The summed E-state index contributed by atoms with van der Waals surface area (Å²) >= 11 is 0. The van der Waals surface area contributed by atoms with E-state index in [1.807, 2.05) is 40.7 Å². The molecule has 3 aliphatic heterocycles. The first-order valence-electron chi connectivity index (χ1n) is 15.7. The van der Waals surface area contributed by atoms with Crippen molar-refractivity contribution in [1.29, 1.82) is 0 Å². The molecule has 11 atom stereocenters. The fourth-order valence-electron chi connectivity index (χ4n) is 9.48. The molecule has 1 saturated carbocycles. The van der Waals surface area contributed by atoms with Crippen LogP contribution in [-0.4, -0.2) is 60.6 Å². The van der Waals surface area contributed by atoms with Gasteiger partial charge in [-0.1, -0.05) is 62.8 Å². The number of ketones is 2. The Morgan fingerprint density at radius 1 is 1.13 bits per heavy atom. The summed E-state index contributed by atoms with van der Waals surface area (Å²) in [5.41, 5.74) is -5.91. The van der Waals surface area contributed by atoms with Crippen LogP contribution in [0.4, 0.5) is 13.2 Å². The van der Waals surface area contributed by atoms with E-state index in [4.69, 9.17) is 14.2 Å². The highest BCUT2D eigenvalue weighted by Crippen LogP contribution is 2.65. The summed E-state index contributed by atoms with van der Waals surface area (Å²) in [6.07, 6.45) is -4.86. The molecule has 11 heteroatoms. The van der Waals surface area contributed by atoms with Crippen molar-refractivity contribution in [2.45, 2.75) is 89.5 Å². The van der Waals surface area contributed by atoms with Gasteiger partial charge in [0.1, 0.15) is 11.5 Å². The monoisotopic (exact) mass is 631 g/mol. The highest BCUT2D eigenvalue weighted by molar-refractivity contribution is 6.14. The Kier molecular flexibility index (Phi) is 7.44. The molecule has 1 spiro atoms. The fraction of sp³-hybridized carbons (Fsp3) is 0.647. The van der Waals surface area contributed by atoms with Gasteiger partial charge in [-0.2, -0.15) is 13.2 Å². The van der Waals surface area contributed by atoms with E-state index >= 15 is 4.79 Å². The predicted molar refractivity (Wildman–Crippen MR) is 154 cm³/mol. The zero-order valence-corrected chi connectivity index (χ0v) is 26.3. The summed E-state index contributed by atoms with van der Waals surface area (Å²) in [5, 5.41) is 3.06. The highest BCUT2D eigenvalue weighted by Gasteiger charge is 2.77. The number of benzene rings is 1. The van der Waals surface area contributed by atoms with Crippen molar-refractivity contribution in [1.82, 2.24) is 5.32 Å². The van der Waals surface area contributed by atoms with Crippen LogP contribution in [0.2, 0.25) is 0 Å². The largest absolute Gasteiger partial charge is 0.451 e. The number of rotatable bonds is 6. The minimum atomic E-state index is -5.29. The second-order valence-electron chi connectivity index (χ2n) is 14.2. The summed E-state index contributed by atoms with van der Waals surface area (Å²) in [4.78, 5) is 57.4. The maximum Gasteiger partial charge on any atom is 0.432 e. The number of allylic oxidation sites excluding steroid dienone is 2. The van der Waals surface area contributed by atoms with Gasteiger partial charge in [0.05, 0.1) is 11.5 Å². The van der Waals surface area contributed by atoms with Crippen LogP contribution in [-0.2, 0) is 39.0 Å². The first-order chi connectivity index (χ1) is 21.1. The molecule has 45 heavy (non-hydrogen) atoms. The molecule has 0 radical (unpaired) electrons. The van der Waals surface area contributed by atoms with Crippen molar-refractivity contribution in [2.24, 2.45) is 40.9 Å². The van der Waals surface area contributed by atoms with E-state index in [1.165, 1.54) is 18.2 Å². The number of halogens is 3. The van der Waals surface area contributed by atoms with Crippen molar-refractivity contribution in [3.8, 4) is 0 Å². The lowest BCUT2D eigenvalue weighted by molar-refractivity contribution is -0.280. The van der Waals surface area contributed by atoms with Gasteiger partial charge >= 0.3 is 12.1 Å². The molecule has 3 heterocycles. The third kappa shape index (κ3) is 4.18. The number of fused-ring (bicyclic) bond motifs is 5. The number of Topliss-reactive ketones (excluding diaryl/α,β-unsaturated/α-hetero) is 2. The quantitative estimate of drug-likeness (QED) is 0.276. The molecule has 2 aliphatic carbocycles. The number of carbonyl (C=O) groups is 4. The molecule has 1 amide bonds. The van der Waals surface area contributed by atoms with Gasteiger partial charge in [-0.05, 0) is 44.9 Å². The van der Waals surface area contributed by atoms with E-state index in [1.54, 1.807) is 0 Å². The smallest absolute Gasteiger partial charge is 0.432 e. The summed E-state index contributed by atoms with van der Waals surface area (Å²) in [6, 6.07) is 5.92. The number of amides is 1. The Labute approximate surface area is 260 Å². The molecule has 4 fully saturated rings. The van der Waals surface area contributed by atoms with E-state index in [9.17, 15) is 27.6 Å². The van der Waals surface area contributed by atoms with E-state index in [-0.39, 0.29) is 11.8 Å². The second kappa shape index (κ2) is 10.5. The molecule has 0 unspecified atom stereocenters. The summed E-state index contributed by atoms with van der Waals surface area (Å²) in [5.74, 6) is -7.26. The van der Waals surface area contributed by atoms with Crippen LogP contribution in [0.3, 0.4) is 0 Å². The summed E-state index contributed by atoms with van der Waals surface area (Å²) in [7, 11) is 0.746. The number of ether oxygens (including phenoxy) is 3. The molecule has 0 aromatic heterocycles. The zero-order valence-electron chi connectivity index (χ0n) is 26.3. The zero-order chi connectivity index (χ0) is 32.9. The maximum atomic E-state index is 15.1. The lowest BCUT2D eigenvalue weighted by atomic mass is 9.44. The Morgan fingerprint density at radius 2 is 1.80 bits per heavy atom. The molecule has 1 N–H and O–H groups in total. The van der Waals surface area contributed by atoms with Crippen LogP contribution in [0.25, 0.3) is 0 Å². The highest BCUT2D eigenvalue weighted by atomic mass is 19.4. The van der Waals surface area contributed by atoms with Crippen LogP contribution >= 0.6 is 0 Å². The van der Waals surface area contributed by atoms with Gasteiger partial charge in [0, 0.05) is 36.5 Å². The van der Waals surface area contributed by atoms with Crippen molar-refractivity contribution >= 4 is 23.4 Å². The van der Waals surface area contributed by atoms with E-state index in [0.717, 1.165) is 24.8 Å². The minimum absolute atomic E-state index is 0.162. The molecule has 5 aliphatic rings. The van der Waals surface area contributed by atoms with Crippen molar-refractivity contribution in [3.05, 3.63) is 47.5 Å². The lowest BCUT2D eigenvalue weighted by Crippen LogP contribution is -2.71. The van der Waals surface area contributed by atoms with Gasteiger partial charge in [-0.3, -0.25) is 14.4 Å². The number of methoxy groups -OCH3 is 1. The standard InChI is InChI=1S/C34H40F3NO7/c1-16(2)14-21-24-18(4)17(3)15-20-25-23(26(39)22-12-13-31(25,5)45-22)27(28(40)32(20,24)29(41)38-21)44-30(42)33(43-6,34(35,36)37)19-10-8-7-9-11-19/h7-11,15-16,18,20-25,27H,12-14H2,1-6H3,(H,38,41)/t18-,20-,21+,22-,23+,24+,25-,27-,31+,32+,33+/m1/s1. The van der Waals surface area contributed by atoms with E-state index < -0.39 is 93.7 Å². The Bertz CT molecular complexity index is 1460. The van der Waals surface area contributed by atoms with Crippen LogP contribution in [0.5, 0.6) is 0 Å². The molecule has 6 rings (SSSR count). The number of hydrogen-bond donors (Lipinski definition) is 1. The Hall–Kier alpha value is -3.05. The molecule has 1 aromatic carbocycles. The first-order valence-corrected chi connectivity index (χ1v) is 15.7. The van der Waals surface area contributed by atoms with Gasteiger partial charge in [-0.15, -0.1) is 0 Å². The van der Waals surface area contributed by atoms with Crippen molar-refractivity contribution in [2.75, 3.05) is 7.11 Å². The third-order valence-corrected chi connectivity index (χ3v) is 11.4. The van der Waals surface area contributed by atoms with Crippen molar-refractivity contribution < 1.29 is 46.6 Å². The van der Waals surface area contributed by atoms with Crippen LogP contribution in [0.15, 0.2) is 42.0 Å². The van der Waals surface area contributed by atoms with E-state index in [0.29, 0.717) is 19.3 Å². The van der Waals surface area contributed by atoms with Gasteiger partial charge in [0.2, 0.25) is 5.91 Å². The average Bonchev–Trinajstić information content (AvgIpc) is 3.47. The number of nitrogens with one attached hydrogen (secondary N) is 1. The minimum Gasteiger partial charge on any atom is -0.451 e. The number of esters is 1. The lowest BCUT2D eigenvalue weighted by Gasteiger charge is -2.59. The van der Waals surface area contributed by atoms with Gasteiger partial charge < -0.3 is 19.5 Å². The molecule has 8 nitrogen and oxygen atoms in total. The predicted octanol–water partition coefficient (Wildman–Crippen LogP) is 4.70. The fourth-order valence-corrected chi connectivity index (χ4v) is 9.48. The molecule has 3 saturated heterocycles. The average molecular weight is 632 g/mol. The number of hydrogen-bond acceptors (Lipinski definition) is 7. The maximum absolute atomic E-state index is 15.1. The molecule has 244 valence electrons. The van der Waals surface area contributed by atoms with Crippen LogP contribution < -0.4 is 5.32 Å². The van der Waals surface area contributed by atoms with Crippen LogP contribution in [0, 0.1) is 40.9 Å². The normalized spacial score (nSPS) is 40.2. The van der Waals surface area contributed by atoms with Crippen molar-refractivity contribution in [3.63, 3.8) is 0 Å². The molecule has 2 bridgehead atoms. The Morgan fingerprint density at radius 3 is 2.40 bits per heavy atom. The third-order valence-electron chi connectivity index (χ3n) is 11.4. The summed E-state index contributed by atoms with van der Waals surface area (Å²) in [6.45, 7) is 9.72. The Balaban J connectivity index is 1.55. The first kappa shape index (κ1) is 31.9. The summed E-state index contributed by atoms with van der Waals surface area (Å²) < 4.78 is 61.7. The number of carbonyl (C=O) groups excluding carboxylic acids is 4. The SMILES string of the molecule is CO[C@](C(=O)O[C@H]1C(=O)[C@@]23C(=O)N[C@@H](CC(C)C)[C@@H]2[C@H](C)C(C)=C[C@@H]3[C@@H]2[C@H]1C(=O)[C@H]1CC[C@]2(C)O1)(c1ccccc1)C(F)(F)F. The number of alkyl halides is 3. The van der Waals surface area contributed by atoms with Gasteiger partial charge in [-0.25, -0.2) is 4.79 Å². The topological polar surface area (TPSA) is 108 Å². The van der Waals surface area contributed by atoms with E-state index in [2.05, 4.69) is 5.32 Å².